The SMILES string of the molecule is CC(C)(C)NCC(O)c1cc(F)ccc1Br. The number of hydrogen-bond donors (Lipinski definition) is 2. The molecule has 1 aromatic rings. The van der Waals surface area contributed by atoms with Crippen LogP contribution in [0.5, 0.6) is 0 Å². The van der Waals surface area contributed by atoms with Crippen LogP contribution in [0.15, 0.2) is 22.7 Å². The van der Waals surface area contributed by atoms with Gasteiger partial charge < -0.3 is 10.4 Å². The Bertz CT molecular complexity index is 363. The molecule has 0 aliphatic carbocycles. The van der Waals surface area contributed by atoms with Crippen molar-refractivity contribution in [2.24, 2.45) is 0 Å². The van der Waals surface area contributed by atoms with Gasteiger partial charge in [-0.25, -0.2) is 4.39 Å². The van der Waals surface area contributed by atoms with E-state index >= 15 is 0 Å². The van der Waals surface area contributed by atoms with E-state index in [0.717, 1.165) is 4.47 Å². The number of hydrogen-bond acceptors (Lipinski definition) is 2. The third kappa shape index (κ3) is 4.20. The molecule has 1 rings (SSSR count). The Kier molecular flexibility index (Phi) is 4.47. The number of aliphatic hydroxyl groups excluding tert-OH is 1. The molecule has 0 saturated heterocycles. The van der Waals surface area contributed by atoms with Crippen molar-refractivity contribution < 1.29 is 9.50 Å². The standard InChI is InChI=1S/C12H17BrFNO/c1-12(2,3)15-7-11(16)9-6-8(14)4-5-10(9)13/h4-6,11,15-16H,7H2,1-3H3. The lowest BCUT2D eigenvalue weighted by Crippen LogP contribution is -2.38. The molecule has 1 aromatic carbocycles. The van der Waals surface area contributed by atoms with Gasteiger partial charge in [-0.15, -0.1) is 0 Å². The van der Waals surface area contributed by atoms with Crippen molar-refractivity contribution in [3.63, 3.8) is 0 Å². The van der Waals surface area contributed by atoms with Gasteiger partial charge in [0, 0.05) is 16.6 Å². The molecule has 4 heteroatoms. The lowest BCUT2D eigenvalue weighted by Gasteiger charge is -2.23. The van der Waals surface area contributed by atoms with Gasteiger partial charge in [0.1, 0.15) is 5.82 Å². The topological polar surface area (TPSA) is 32.3 Å². The van der Waals surface area contributed by atoms with Gasteiger partial charge in [0.25, 0.3) is 0 Å². The smallest absolute Gasteiger partial charge is 0.123 e. The Balaban J connectivity index is 2.73. The summed E-state index contributed by atoms with van der Waals surface area (Å²) in [6.45, 7) is 6.44. The van der Waals surface area contributed by atoms with E-state index in [1.165, 1.54) is 12.1 Å². The van der Waals surface area contributed by atoms with Crippen molar-refractivity contribution in [3.8, 4) is 0 Å². The van der Waals surface area contributed by atoms with Gasteiger partial charge in [-0.3, -0.25) is 0 Å². The van der Waals surface area contributed by atoms with Crippen molar-refractivity contribution in [2.45, 2.75) is 32.4 Å². The molecule has 16 heavy (non-hydrogen) atoms. The molecule has 0 radical (unpaired) electrons. The fourth-order valence-electron chi connectivity index (χ4n) is 1.28. The van der Waals surface area contributed by atoms with Crippen LogP contribution in [-0.2, 0) is 0 Å². The zero-order chi connectivity index (χ0) is 12.3. The summed E-state index contributed by atoms with van der Waals surface area (Å²) < 4.78 is 13.7. The van der Waals surface area contributed by atoms with E-state index in [9.17, 15) is 9.50 Å². The van der Waals surface area contributed by atoms with Crippen LogP contribution in [0.25, 0.3) is 0 Å². The molecule has 0 heterocycles. The van der Waals surface area contributed by atoms with E-state index in [-0.39, 0.29) is 11.4 Å². The highest BCUT2D eigenvalue weighted by atomic mass is 79.9. The summed E-state index contributed by atoms with van der Waals surface area (Å²) in [5.74, 6) is -0.340. The second-order valence-corrected chi connectivity index (χ2v) is 5.67. The Morgan fingerprint density at radius 1 is 1.44 bits per heavy atom. The third-order valence-electron chi connectivity index (χ3n) is 2.14. The highest BCUT2D eigenvalue weighted by molar-refractivity contribution is 9.10. The third-order valence-corrected chi connectivity index (χ3v) is 2.86. The first-order valence-electron chi connectivity index (χ1n) is 5.17. The first-order valence-corrected chi connectivity index (χ1v) is 5.97. The van der Waals surface area contributed by atoms with E-state index in [0.29, 0.717) is 12.1 Å². The fourth-order valence-corrected chi connectivity index (χ4v) is 1.79. The summed E-state index contributed by atoms with van der Waals surface area (Å²) in [5.41, 5.74) is 0.498. The molecule has 0 aliphatic rings. The van der Waals surface area contributed by atoms with Crippen molar-refractivity contribution in [2.75, 3.05) is 6.54 Å². The molecular weight excluding hydrogens is 273 g/mol. The molecule has 2 N–H and O–H groups in total. The summed E-state index contributed by atoms with van der Waals surface area (Å²) in [5, 5.41) is 13.1. The minimum Gasteiger partial charge on any atom is -0.387 e. The molecule has 0 aliphatic heterocycles. The van der Waals surface area contributed by atoms with Gasteiger partial charge in [0.15, 0.2) is 0 Å². The largest absolute Gasteiger partial charge is 0.387 e. The van der Waals surface area contributed by atoms with Gasteiger partial charge in [0.05, 0.1) is 6.10 Å². The van der Waals surface area contributed by atoms with E-state index in [1.54, 1.807) is 6.07 Å². The molecular formula is C12H17BrFNO. The maximum absolute atomic E-state index is 13.0. The highest BCUT2D eigenvalue weighted by Crippen LogP contribution is 2.24. The molecule has 0 bridgehead atoms. The molecule has 0 amide bonds. The average molecular weight is 290 g/mol. The molecule has 0 aromatic heterocycles. The lowest BCUT2D eigenvalue weighted by molar-refractivity contribution is 0.162. The van der Waals surface area contributed by atoms with Gasteiger partial charge in [-0.1, -0.05) is 15.9 Å². The van der Waals surface area contributed by atoms with Crippen molar-refractivity contribution in [3.05, 3.63) is 34.1 Å². The molecule has 0 saturated carbocycles. The maximum Gasteiger partial charge on any atom is 0.123 e. The number of benzene rings is 1. The number of rotatable bonds is 3. The first kappa shape index (κ1) is 13.6. The Morgan fingerprint density at radius 2 is 2.06 bits per heavy atom. The predicted octanol–water partition coefficient (Wildman–Crippen LogP) is 3.01. The Morgan fingerprint density at radius 3 is 2.62 bits per heavy atom. The first-order chi connectivity index (χ1) is 7.29. The van der Waals surface area contributed by atoms with Crippen molar-refractivity contribution in [1.29, 1.82) is 0 Å². The number of nitrogens with one attached hydrogen (secondary N) is 1. The zero-order valence-corrected chi connectivity index (χ0v) is 11.3. The van der Waals surface area contributed by atoms with Crippen LogP contribution in [0.4, 0.5) is 4.39 Å². The van der Waals surface area contributed by atoms with E-state index < -0.39 is 6.10 Å². The van der Waals surface area contributed by atoms with Gasteiger partial charge >= 0.3 is 0 Å². The summed E-state index contributed by atoms with van der Waals surface area (Å²) in [7, 11) is 0. The summed E-state index contributed by atoms with van der Waals surface area (Å²) in [6, 6.07) is 4.31. The number of halogens is 2. The molecule has 90 valence electrons. The normalized spacial score (nSPS) is 13.9. The predicted molar refractivity (Wildman–Crippen MR) is 66.8 cm³/mol. The van der Waals surface area contributed by atoms with Crippen LogP contribution in [0.3, 0.4) is 0 Å². The zero-order valence-electron chi connectivity index (χ0n) is 9.72. The lowest BCUT2D eigenvalue weighted by atomic mass is 10.1. The summed E-state index contributed by atoms with van der Waals surface area (Å²) in [4.78, 5) is 0. The molecule has 1 atom stereocenters. The molecule has 0 spiro atoms. The second-order valence-electron chi connectivity index (χ2n) is 4.81. The average Bonchev–Trinajstić information content (AvgIpc) is 2.17. The quantitative estimate of drug-likeness (QED) is 0.897. The van der Waals surface area contributed by atoms with E-state index in [4.69, 9.17) is 0 Å². The second kappa shape index (κ2) is 5.25. The number of β-amino-alcohol motifs (C(OH)–C–C–N with tert-alkyl or cyclic N) is 1. The van der Waals surface area contributed by atoms with Gasteiger partial charge in [-0.2, -0.15) is 0 Å². The molecule has 1 unspecified atom stereocenters. The van der Waals surface area contributed by atoms with Gasteiger partial charge in [0.2, 0.25) is 0 Å². The van der Waals surface area contributed by atoms with E-state index in [2.05, 4.69) is 21.2 Å². The Hall–Kier alpha value is -0.450. The van der Waals surface area contributed by atoms with Crippen LogP contribution in [-0.4, -0.2) is 17.2 Å². The van der Waals surface area contributed by atoms with Crippen LogP contribution < -0.4 is 5.32 Å². The highest BCUT2D eigenvalue weighted by Gasteiger charge is 2.16. The van der Waals surface area contributed by atoms with Crippen LogP contribution in [0.1, 0.15) is 32.4 Å². The van der Waals surface area contributed by atoms with E-state index in [1.807, 2.05) is 20.8 Å². The fraction of sp³-hybridized carbons (Fsp3) is 0.500. The Labute approximate surface area is 104 Å². The summed E-state index contributed by atoms with van der Waals surface area (Å²) in [6.07, 6.45) is -0.718. The number of aliphatic hydroxyl groups is 1. The van der Waals surface area contributed by atoms with Crippen LogP contribution in [0, 0.1) is 5.82 Å². The van der Waals surface area contributed by atoms with Crippen LogP contribution in [0.2, 0.25) is 0 Å². The molecule has 2 nitrogen and oxygen atoms in total. The maximum atomic E-state index is 13.0. The van der Waals surface area contributed by atoms with Gasteiger partial charge in [-0.05, 0) is 44.5 Å². The minimum absolute atomic E-state index is 0.0687. The van der Waals surface area contributed by atoms with Crippen molar-refractivity contribution in [1.82, 2.24) is 5.32 Å². The summed E-state index contributed by atoms with van der Waals surface area (Å²) >= 11 is 3.30. The molecule has 0 fully saturated rings. The van der Waals surface area contributed by atoms with Crippen LogP contribution >= 0.6 is 15.9 Å². The monoisotopic (exact) mass is 289 g/mol. The van der Waals surface area contributed by atoms with Crippen molar-refractivity contribution >= 4 is 15.9 Å². The minimum atomic E-state index is -0.718.